The molecule has 0 spiro atoms. The van der Waals surface area contributed by atoms with Crippen LogP contribution in [0.5, 0.6) is 0 Å². The Morgan fingerprint density at radius 2 is 1.50 bits per heavy atom. The van der Waals surface area contributed by atoms with Gasteiger partial charge in [0.15, 0.2) is 10.3 Å². The Hall–Kier alpha value is -1.15. The summed E-state index contributed by atoms with van der Waals surface area (Å²) in [5, 5.41) is 1.10. The number of amides is 2. The van der Waals surface area contributed by atoms with Crippen molar-refractivity contribution in [2.45, 2.75) is 65.9 Å². The summed E-state index contributed by atoms with van der Waals surface area (Å²) >= 11 is 7.06. The molecule has 0 saturated carbocycles. The lowest BCUT2D eigenvalue weighted by Crippen LogP contribution is -2.60. The molecule has 2 aliphatic rings. The van der Waals surface area contributed by atoms with Crippen molar-refractivity contribution in [3.05, 3.63) is 0 Å². The Balaban J connectivity index is 2.58. The van der Waals surface area contributed by atoms with Gasteiger partial charge in [-0.1, -0.05) is 53.3 Å². The summed E-state index contributed by atoms with van der Waals surface area (Å²) in [5.74, 6) is -0.220. The highest BCUT2D eigenvalue weighted by Crippen LogP contribution is 2.56. The predicted molar refractivity (Wildman–Crippen MR) is 111 cm³/mol. The summed E-state index contributed by atoms with van der Waals surface area (Å²) in [5.41, 5.74) is -1.73. The highest BCUT2D eigenvalue weighted by molar-refractivity contribution is 8.15. The normalized spacial score (nSPS) is 31.1. The molecule has 2 atom stereocenters. The van der Waals surface area contributed by atoms with Crippen molar-refractivity contribution in [2.75, 3.05) is 14.1 Å². The van der Waals surface area contributed by atoms with E-state index >= 15 is 0 Å². The maximum Gasteiger partial charge on any atom is 0.253 e. The second kappa shape index (κ2) is 5.92. The lowest BCUT2D eigenvalue weighted by atomic mass is 9.93. The zero-order valence-corrected chi connectivity index (χ0v) is 19.1. The Morgan fingerprint density at radius 3 is 1.92 bits per heavy atom. The smallest absolute Gasteiger partial charge is 0.253 e. The minimum absolute atomic E-state index is 0.0372. The molecular formula is C18H30N4O2S2. The van der Waals surface area contributed by atoms with Crippen LogP contribution in [0.25, 0.3) is 0 Å². The van der Waals surface area contributed by atoms with Crippen LogP contribution in [0.15, 0.2) is 4.99 Å². The van der Waals surface area contributed by atoms with E-state index in [2.05, 4.69) is 4.99 Å². The molecule has 2 amide bonds. The van der Waals surface area contributed by atoms with E-state index in [9.17, 15) is 9.59 Å². The molecule has 2 unspecified atom stereocenters. The number of amidine groups is 1. The van der Waals surface area contributed by atoms with Gasteiger partial charge in [0.1, 0.15) is 10.5 Å². The van der Waals surface area contributed by atoms with Crippen LogP contribution in [0.3, 0.4) is 0 Å². The molecule has 0 radical (unpaired) electrons. The second-order valence-electron chi connectivity index (χ2n) is 9.35. The standard InChI is InChI=1S/C18H30N4O2S2/c1-15(2,3)11(23)19-13-20(9)17(7)18(8,26-13)22(14(25)21(17)10)12(24)16(4,5)6/h1-10H3. The number of rotatable bonds is 0. The molecule has 0 N–H and O–H groups in total. The van der Waals surface area contributed by atoms with E-state index < -0.39 is 21.4 Å². The van der Waals surface area contributed by atoms with Gasteiger partial charge in [-0.3, -0.25) is 14.5 Å². The Bertz CT molecular complexity index is 707. The van der Waals surface area contributed by atoms with Crippen molar-refractivity contribution in [1.29, 1.82) is 0 Å². The molecule has 2 fully saturated rings. The monoisotopic (exact) mass is 398 g/mol. The molecule has 2 rings (SSSR count). The van der Waals surface area contributed by atoms with Gasteiger partial charge >= 0.3 is 0 Å². The van der Waals surface area contributed by atoms with E-state index in [-0.39, 0.29) is 11.8 Å². The number of hydrogen-bond donors (Lipinski definition) is 0. The number of carbonyl (C=O) groups is 2. The SMILES string of the molecule is CN1C(=S)N(C(=O)C(C)(C)C)C2(C)SC(=NC(=O)C(C)(C)C)N(C)C12C. The van der Waals surface area contributed by atoms with Gasteiger partial charge in [-0.25, -0.2) is 0 Å². The van der Waals surface area contributed by atoms with Gasteiger partial charge in [-0.2, -0.15) is 4.99 Å². The van der Waals surface area contributed by atoms with Gasteiger partial charge in [0, 0.05) is 24.9 Å². The predicted octanol–water partition coefficient (Wildman–Crippen LogP) is 3.13. The Labute approximate surface area is 166 Å². The molecule has 26 heavy (non-hydrogen) atoms. The molecule has 146 valence electrons. The first kappa shape index (κ1) is 21.2. The van der Waals surface area contributed by atoms with E-state index in [0.717, 1.165) is 0 Å². The van der Waals surface area contributed by atoms with Gasteiger partial charge in [-0.15, -0.1) is 0 Å². The van der Waals surface area contributed by atoms with Crippen LogP contribution in [0.2, 0.25) is 0 Å². The molecule has 0 bridgehead atoms. The van der Waals surface area contributed by atoms with E-state index in [1.54, 1.807) is 4.90 Å². The summed E-state index contributed by atoms with van der Waals surface area (Å²) < 4.78 is 0. The van der Waals surface area contributed by atoms with Gasteiger partial charge in [-0.05, 0) is 26.1 Å². The second-order valence-corrected chi connectivity index (χ2v) is 11.1. The summed E-state index contributed by atoms with van der Waals surface area (Å²) in [6, 6.07) is 0. The number of aliphatic imine (C=N–C) groups is 1. The van der Waals surface area contributed by atoms with Gasteiger partial charge in [0.25, 0.3) is 5.91 Å². The third-order valence-electron chi connectivity index (χ3n) is 5.35. The number of hydrogen-bond acceptors (Lipinski definition) is 4. The van der Waals surface area contributed by atoms with Crippen LogP contribution in [0.4, 0.5) is 0 Å². The fourth-order valence-electron chi connectivity index (χ4n) is 3.12. The van der Waals surface area contributed by atoms with Crippen LogP contribution in [0.1, 0.15) is 55.4 Å². The fraction of sp³-hybridized carbons (Fsp3) is 0.778. The van der Waals surface area contributed by atoms with Crippen molar-refractivity contribution < 1.29 is 9.59 Å². The number of likely N-dealkylation sites (N-methyl/N-ethyl adjacent to an activating group) is 2. The molecule has 2 saturated heterocycles. The fourth-order valence-corrected chi connectivity index (χ4v) is 5.15. The average molecular weight is 399 g/mol. The van der Waals surface area contributed by atoms with Crippen molar-refractivity contribution in [3.63, 3.8) is 0 Å². The minimum atomic E-state index is -0.686. The van der Waals surface area contributed by atoms with E-state index in [0.29, 0.717) is 10.3 Å². The molecule has 0 aliphatic carbocycles. The van der Waals surface area contributed by atoms with Crippen molar-refractivity contribution in [1.82, 2.24) is 14.7 Å². The van der Waals surface area contributed by atoms with E-state index in [1.807, 2.05) is 79.3 Å². The number of carbonyl (C=O) groups excluding carboxylic acids is 2. The number of thioether (sulfide) groups is 1. The summed E-state index contributed by atoms with van der Waals surface area (Å²) in [6.45, 7) is 15.2. The molecule has 0 aromatic heterocycles. The molecular weight excluding hydrogens is 368 g/mol. The van der Waals surface area contributed by atoms with E-state index in [1.165, 1.54) is 11.8 Å². The maximum absolute atomic E-state index is 13.2. The summed E-state index contributed by atoms with van der Waals surface area (Å²) in [7, 11) is 3.79. The van der Waals surface area contributed by atoms with Crippen molar-refractivity contribution >= 4 is 46.1 Å². The maximum atomic E-state index is 13.2. The number of thiocarbonyl (C=S) groups is 1. The Kier molecular flexibility index (Phi) is 4.82. The largest absolute Gasteiger partial charge is 0.328 e. The first-order chi connectivity index (χ1) is 11.5. The van der Waals surface area contributed by atoms with Gasteiger partial charge < -0.3 is 9.80 Å². The lowest BCUT2D eigenvalue weighted by molar-refractivity contribution is -0.138. The van der Waals surface area contributed by atoms with Gasteiger partial charge in [0.2, 0.25) is 5.91 Å². The lowest BCUT2D eigenvalue weighted by Gasteiger charge is -2.42. The molecule has 2 aliphatic heterocycles. The topological polar surface area (TPSA) is 56.2 Å². The zero-order valence-electron chi connectivity index (χ0n) is 17.4. The van der Waals surface area contributed by atoms with Crippen LogP contribution in [-0.2, 0) is 9.59 Å². The van der Waals surface area contributed by atoms with Crippen LogP contribution in [0, 0.1) is 10.8 Å². The molecule has 2 heterocycles. The molecule has 6 nitrogen and oxygen atoms in total. The van der Waals surface area contributed by atoms with Crippen molar-refractivity contribution in [2.24, 2.45) is 15.8 Å². The minimum Gasteiger partial charge on any atom is -0.328 e. The van der Waals surface area contributed by atoms with Crippen LogP contribution < -0.4 is 0 Å². The molecule has 0 aromatic rings. The highest BCUT2D eigenvalue weighted by Gasteiger charge is 2.69. The number of fused-ring (bicyclic) bond motifs is 1. The first-order valence-corrected chi connectivity index (χ1v) is 9.90. The van der Waals surface area contributed by atoms with Crippen LogP contribution >= 0.6 is 24.0 Å². The zero-order chi connectivity index (χ0) is 20.5. The highest BCUT2D eigenvalue weighted by atomic mass is 32.2. The summed E-state index contributed by atoms with van der Waals surface area (Å²) in [6.07, 6.45) is 0. The first-order valence-electron chi connectivity index (χ1n) is 8.68. The van der Waals surface area contributed by atoms with E-state index in [4.69, 9.17) is 12.2 Å². The average Bonchev–Trinajstić information content (AvgIpc) is 2.75. The third kappa shape index (κ3) is 2.76. The van der Waals surface area contributed by atoms with Gasteiger partial charge in [0.05, 0.1) is 0 Å². The van der Waals surface area contributed by atoms with Crippen molar-refractivity contribution in [3.8, 4) is 0 Å². The third-order valence-corrected chi connectivity index (χ3v) is 7.32. The quantitative estimate of drug-likeness (QED) is 0.584. The number of nitrogens with zero attached hydrogens (tertiary/aromatic N) is 4. The summed E-state index contributed by atoms with van der Waals surface area (Å²) in [4.78, 5) is 34.9. The Morgan fingerprint density at radius 1 is 1.00 bits per heavy atom. The van der Waals surface area contributed by atoms with Crippen LogP contribution in [-0.4, -0.2) is 61.4 Å². The molecule has 8 heteroatoms. The molecule has 0 aromatic carbocycles.